The minimum absolute atomic E-state index is 0.122. The monoisotopic (exact) mass is 619 g/mol. The molecule has 4 aromatic rings. The van der Waals surface area contributed by atoms with Crippen molar-refractivity contribution in [1.82, 2.24) is 9.97 Å². The van der Waals surface area contributed by atoms with Gasteiger partial charge >= 0.3 is 12.1 Å². The number of halogens is 4. The van der Waals surface area contributed by atoms with Gasteiger partial charge < -0.3 is 15.7 Å². The predicted molar refractivity (Wildman–Crippen MR) is 153 cm³/mol. The van der Waals surface area contributed by atoms with E-state index in [1.54, 1.807) is 36.7 Å². The van der Waals surface area contributed by atoms with Crippen LogP contribution in [0.15, 0.2) is 76.2 Å². The number of nitrogens with one attached hydrogen (secondary N) is 2. The Labute approximate surface area is 243 Å². The van der Waals surface area contributed by atoms with Gasteiger partial charge in [-0.05, 0) is 65.2 Å². The lowest BCUT2D eigenvalue weighted by atomic mass is 10.2. The van der Waals surface area contributed by atoms with Crippen molar-refractivity contribution in [3.63, 3.8) is 0 Å². The van der Waals surface area contributed by atoms with Crippen molar-refractivity contribution in [3.05, 3.63) is 86.7 Å². The molecule has 210 valence electrons. The smallest absolute Gasteiger partial charge is 0.475 e. The predicted octanol–water partition coefficient (Wildman–Crippen LogP) is 6.24. The first-order chi connectivity index (χ1) is 19.5. The number of hydrogen-bond acceptors (Lipinski definition) is 8. The maximum absolute atomic E-state index is 12.5. The van der Waals surface area contributed by atoms with E-state index in [1.807, 2.05) is 35.7 Å². The van der Waals surface area contributed by atoms with Crippen LogP contribution in [0.1, 0.15) is 10.4 Å². The summed E-state index contributed by atoms with van der Waals surface area (Å²) in [6.45, 7) is 0. The third-order valence-corrected chi connectivity index (χ3v) is 7.17. The molecule has 0 saturated heterocycles. The van der Waals surface area contributed by atoms with E-state index in [4.69, 9.17) is 21.5 Å². The molecule has 0 saturated carbocycles. The van der Waals surface area contributed by atoms with E-state index in [-0.39, 0.29) is 11.8 Å². The molecule has 1 aliphatic rings. The van der Waals surface area contributed by atoms with E-state index < -0.39 is 12.1 Å². The number of nitrogens with zero attached hydrogens (tertiary/aromatic N) is 3. The maximum atomic E-state index is 12.5. The van der Waals surface area contributed by atoms with Gasteiger partial charge in [-0.1, -0.05) is 23.7 Å². The third-order valence-electron chi connectivity index (χ3n) is 5.06. The highest BCUT2D eigenvalue weighted by molar-refractivity contribution is 8.18. The summed E-state index contributed by atoms with van der Waals surface area (Å²) < 4.78 is 31.7. The van der Waals surface area contributed by atoms with Crippen molar-refractivity contribution in [1.29, 1.82) is 0 Å². The molecule has 41 heavy (non-hydrogen) atoms. The van der Waals surface area contributed by atoms with Gasteiger partial charge in [0.05, 0.1) is 33.1 Å². The van der Waals surface area contributed by atoms with E-state index in [0.29, 0.717) is 32.9 Å². The highest BCUT2D eigenvalue weighted by Crippen LogP contribution is 2.32. The van der Waals surface area contributed by atoms with Crippen LogP contribution >= 0.6 is 34.7 Å². The minimum Gasteiger partial charge on any atom is -0.475 e. The average molecular weight is 620 g/mol. The fourth-order valence-electron chi connectivity index (χ4n) is 3.27. The number of fused-ring (bicyclic) bond motifs is 1. The lowest BCUT2D eigenvalue weighted by Crippen LogP contribution is -2.21. The number of amides is 2. The first kappa shape index (κ1) is 29.7. The van der Waals surface area contributed by atoms with E-state index in [9.17, 15) is 22.8 Å². The number of amidine groups is 1. The molecule has 2 aromatic heterocycles. The standard InChI is InChI=1S/C24H16ClN5O2S2.C2HF3O2/c25-17-5-4-15(28-22(31)13-16-2-1-9-33-16)12-19(17)29-24-30-23(32)21(34-24)11-14-3-6-18-20(10-14)27-8-7-26-18;3-2(4,5)1(6)7/h1-12H,13H2,(H,28,31)(H,29,30,32);(H,6,7). The van der Waals surface area contributed by atoms with Gasteiger partial charge in [-0.25, -0.2) is 4.79 Å². The number of alkyl halides is 3. The van der Waals surface area contributed by atoms with Crippen LogP contribution < -0.4 is 10.6 Å². The fourth-order valence-corrected chi connectivity index (χ4v) is 4.97. The Morgan fingerprint density at radius 2 is 1.78 bits per heavy atom. The molecule has 3 N–H and O–H groups in total. The number of aliphatic imine (C=N–C) groups is 1. The summed E-state index contributed by atoms with van der Waals surface area (Å²) >= 11 is 9.08. The molecule has 0 spiro atoms. The van der Waals surface area contributed by atoms with Gasteiger partial charge in [0.15, 0.2) is 5.17 Å². The van der Waals surface area contributed by atoms with Gasteiger partial charge in [-0.2, -0.15) is 18.2 Å². The summed E-state index contributed by atoms with van der Waals surface area (Å²) in [4.78, 5) is 47.8. The number of carboxylic acids is 1. The molecule has 0 atom stereocenters. The van der Waals surface area contributed by atoms with Crippen LogP contribution in [0.4, 0.5) is 24.5 Å². The second-order valence-corrected chi connectivity index (χ2v) is 10.5. The number of carbonyl (C=O) groups is 3. The molecular weight excluding hydrogens is 603 g/mol. The van der Waals surface area contributed by atoms with Crippen LogP contribution in [0.3, 0.4) is 0 Å². The largest absolute Gasteiger partial charge is 0.490 e. The SMILES string of the molecule is O=C(Cc1cccs1)Nc1ccc(Cl)c(NC2=NC(=O)C(=Cc3ccc4nccnc4c3)S2)c1.O=C(O)C(F)(F)F. The van der Waals surface area contributed by atoms with Gasteiger partial charge in [0.25, 0.3) is 5.91 Å². The summed E-state index contributed by atoms with van der Waals surface area (Å²) in [5, 5.41) is 15.9. The van der Waals surface area contributed by atoms with Crippen molar-refractivity contribution in [2.24, 2.45) is 4.99 Å². The third kappa shape index (κ3) is 8.36. The molecule has 1 aliphatic heterocycles. The van der Waals surface area contributed by atoms with Crippen molar-refractivity contribution in [3.8, 4) is 0 Å². The quantitative estimate of drug-likeness (QED) is 0.224. The molecule has 2 aromatic carbocycles. The lowest BCUT2D eigenvalue weighted by Gasteiger charge is -2.10. The summed E-state index contributed by atoms with van der Waals surface area (Å²) in [5.74, 6) is -3.22. The Morgan fingerprint density at radius 3 is 2.46 bits per heavy atom. The van der Waals surface area contributed by atoms with Crippen molar-refractivity contribution in [2.45, 2.75) is 12.6 Å². The maximum Gasteiger partial charge on any atom is 0.490 e. The Hall–Kier alpha value is -4.27. The highest BCUT2D eigenvalue weighted by Gasteiger charge is 2.38. The van der Waals surface area contributed by atoms with E-state index >= 15 is 0 Å². The second kappa shape index (κ2) is 12.9. The topological polar surface area (TPSA) is 134 Å². The normalized spacial score (nSPS) is 13.9. The molecule has 9 nitrogen and oxygen atoms in total. The summed E-state index contributed by atoms with van der Waals surface area (Å²) in [5.41, 5.74) is 3.49. The van der Waals surface area contributed by atoms with Crippen LogP contribution in [0.25, 0.3) is 17.1 Å². The van der Waals surface area contributed by atoms with Crippen molar-refractivity contribution < 1.29 is 32.7 Å². The number of aliphatic carboxylic acids is 1. The zero-order valence-corrected chi connectivity index (χ0v) is 22.9. The van der Waals surface area contributed by atoms with Gasteiger partial charge in [-0.3, -0.25) is 19.6 Å². The van der Waals surface area contributed by atoms with E-state index in [1.165, 1.54) is 23.1 Å². The number of carboxylic acid groups (broad SMARTS) is 1. The molecule has 0 radical (unpaired) electrons. The summed E-state index contributed by atoms with van der Waals surface area (Å²) in [6.07, 6.45) is 0.247. The van der Waals surface area contributed by atoms with Gasteiger partial charge in [-0.15, -0.1) is 11.3 Å². The number of rotatable bonds is 5. The molecule has 5 rings (SSSR count). The van der Waals surface area contributed by atoms with Crippen LogP contribution in [0.5, 0.6) is 0 Å². The number of thioether (sulfide) groups is 1. The first-order valence-electron chi connectivity index (χ1n) is 11.4. The average Bonchev–Trinajstić information content (AvgIpc) is 3.55. The zero-order valence-electron chi connectivity index (χ0n) is 20.5. The van der Waals surface area contributed by atoms with Gasteiger partial charge in [0, 0.05) is 23.0 Å². The number of anilines is 2. The number of benzene rings is 2. The van der Waals surface area contributed by atoms with Crippen LogP contribution in [0, 0.1) is 0 Å². The molecule has 0 unspecified atom stereocenters. The highest BCUT2D eigenvalue weighted by atomic mass is 35.5. The summed E-state index contributed by atoms with van der Waals surface area (Å²) in [6, 6.07) is 14.6. The Kier molecular flexibility index (Phi) is 9.37. The van der Waals surface area contributed by atoms with E-state index in [2.05, 4.69) is 25.6 Å². The zero-order chi connectivity index (χ0) is 29.6. The lowest BCUT2D eigenvalue weighted by molar-refractivity contribution is -0.192. The molecule has 0 bridgehead atoms. The Morgan fingerprint density at radius 1 is 1.05 bits per heavy atom. The molecule has 0 aliphatic carbocycles. The first-order valence-corrected chi connectivity index (χ1v) is 13.5. The number of aromatic nitrogens is 2. The van der Waals surface area contributed by atoms with Crippen molar-refractivity contribution >= 4 is 86.1 Å². The van der Waals surface area contributed by atoms with Gasteiger partial charge in [0.2, 0.25) is 5.91 Å². The van der Waals surface area contributed by atoms with Crippen LogP contribution in [-0.4, -0.2) is 44.2 Å². The second-order valence-electron chi connectivity index (χ2n) is 8.06. The van der Waals surface area contributed by atoms with Crippen LogP contribution in [0.2, 0.25) is 5.02 Å². The number of carbonyl (C=O) groups excluding carboxylic acids is 2. The minimum atomic E-state index is -5.08. The van der Waals surface area contributed by atoms with Crippen molar-refractivity contribution in [2.75, 3.05) is 10.6 Å². The number of thiophene rings is 1. The molecule has 2 amide bonds. The van der Waals surface area contributed by atoms with Crippen LogP contribution in [-0.2, 0) is 20.8 Å². The van der Waals surface area contributed by atoms with Gasteiger partial charge in [0.1, 0.15) is 0 Å². The summed E-state index contributed by atoms with van der Waals surface area (Å²) in [7, 11) is 0. The Balaban J connectivity index is 0.000000493. The number of hydrogen-bond donors (Lipinski definition) is 3. The Bertz CT molecular complexity index is 1680. The molecule has 0 fully saturated rings. The molecule has 3 heterocycles. The molecule has 15 heteroatoms. The molecular formula is C26H17ClF3N5O4S2. The van der Waals surface area contributed by atoms with E-state index in [0.717, 1.165) is 21.5 Å². The fraction of sp³-hybridized carbons (Fsp3) is 0.0769.